The standard InChI is InChI=1S/C22H32N2O8/c1-2-3-11-24-12-17(25)21(29)20(28)16(24)13-32-19(27)6-4-5-18(26)23-15-9-7-14(8-10-15)22(30)31/h7-10,16-17,20-21,25,28-29H,2-6,11-13H2,1H3,(H,23,26)(H,30,31)/t16-,17+,20-,21-/m1/s1. The third-order valence-electron chi connectivity index (χ3n) is 5.44. The number of nitrogens with zero attached hydrogens (tertiary/aromatic N) is 1. The molecule has 0 spiro atoms. The van der Waals surface area contributed by atoms with Gasteiger partial charge in [-0.25, -0.2) is 4.79 Å². The Balaban J connectivity index is 1.74. The highest BCUT2D eigenvalue weighted by Crippen LogP contribution is 2.20. The van der Waals surface area contributed by atoms with Crippen LogP contribution in [0.5, 0.6) is 0 Å². The fourth-order valence-electron chi connectivity index (χ4n) is 3.54. The minimum Gasteiger partial charge on any atom is -0.478 e. The van der Waals surface area contributed by atoms with Gasteiger partial charge >= 0.3 is 11.9 Å². The van der Waals surface area contributed by atoms with Crippen LogP contribution in [-0.4, -0.2) is 87.2 Å². The molecule has 32 heavy (non-hydrogen) atoms. The predicted octanol–water partition coefficient (Wildman–Crippen LogP) is 0.604. The van der Waals surface area contributed by atoms with E-state index < -0.39 is 36.3 Å². The monoisotopic (exact) mass is 452 g/mol. The Kier molecular flexibility index (Phi) is 10.0. The maximum absolute atomic E-state index is 12.1. The molecule has 0 bridgehead atoms. The lowest BCUT2D eigenvalue weighted by atomic mass is 9.94. The molecule has 1 aliphatic rings. The molecule has 1 aromatic rings. The Bertz CT molecular complexity index is 770. The van der Waals surface area contributed by atoms with E-state index in [9.17, 15) is 29.7 Å². The summed E-state index contributed by atoms with van der Waals surface area (Å²) in [6, 6.07) is 5.13. The van der Waals surface area contributed by atoms with Crippen molar-refractivity contribution in [1.82, 2.24) is 4.90 Å². The van der Waals surface area contributed by atoms with E-state index in [4.69, 9.17) is 9.84 Å². The number of carbonyl (C=O) groups excluding carboxylic acids is 2. The van der Waals surface area contributed by atoms with Gasteiger partial charge in [0.25, 0.3) is 0 Å². The lowest BCUT2D eigenvalue weighted by Crippen LogP contribution is -2.62. The molecule has 0 aliphatic carbocycles. The van der Waals surface area contributed by atoms with Gasteiger partial charge < -0.3 is 30.5 Å². The first-order valence-corrected chi connectivity index (χ1v) is 10.8. The van der Waals surface area contributed by atoms with E-state index in [1.807, 2.05) is 11.8 Å². The van der Waals surface area contributed by atoms with Gasteiger partial charge in [-0.3, -0.25) is 14.5 Å². The number of aromatic carboxylic acids is 1. The second-order valence-electron chi connectivity index (χ2n) is 7.93. The van der Waals surface area contributed by atoms with Crippen LogP contribution in [-0.2, 0) is 14.3 Å². The van der Waals surface area contributed by atoms with Gasteiger partial charge in [0.05, 0.1) is 17.7 Å². The van der Waals surface area contributed by atoms with Crippen LogP contribution in [0.25, 0.3) is 0 Å². The van der Waals surface area contributed by atoms with E-state index in [0.29, 0.717) is 12.2 Å². The Morgan fingerprint density at radius 3 is 2.38 bits per heavy atom. The van der Waals surface area contributed by atoms with Crippen LogP contribution >= 0.6 is 0 Å². The first-order chi connectivity index (χ1) is 15.2. The smallest absolute Gasteiger partial charge is 0.335 e. The Labute approximate surface area is 186 Å². The number of carbonyl (C=O) groups is 3. The third kappa shape index (κ3) is 7.56. The van der Waals surface area contributed by atoms with Crippen molar-refractivity contribution >= 4 is 23.5 Å². The minimum absolute atomic E-state index is 0.00826. The summed E-state index contributed by atoms with van der Waals surface area (Å²) in [4.78, 5) is 36.7. The number of β-amino-alcohol motifs (C(OH)–C–C–N with tert-alkyl or cyclic N) is 1. The van der Waals surface area contributed by atoms with Crippen molar-refractivity contribution in [3.05, 3.63) is 29.8 Å². The number of aliphatic hydroxyl groups is 3. The highest BCUT2D eigenvalue weighted by atomic mass is 16.5. The molecule has 2 rings (SSSR count). The highest BCUT2D eigenvalue weighted by Gasteiger charge is 2.41. The van der Waals surface area contributed by atoms with Gasteiger partial charge in [0, 0.05) is 25.1 Å². The normalized spacial score (nSPS) is 23.5. The second-order valence-corrected chi connectivity index (χ2v) is 7.93. The lowest BCUT2D eigenvalue weighted by molar-refractivity contribution is -0.163. The number of amides is 1. The number of nitrogens with one attached hydrogen (secondary N) is 1. The number of carboxylic acid groups (broad SMARTS) is 1. The van der Waals surface area contributed by atoms with Crippen LogP contribution in [0.15, 0.2) is 24.3 Å². The zero-order valence-corrected chi connectivity index (χ0v) is 18.1. The number of likely N-dealkylation sites (tertiary alicyclic amines) is 1. The molecule has 1 fully saturated rings. The molecule has 0 unspecified atom stereocenters. The third-order valence-corrected chi connectivity index (χ3v) is 5.44. The van der Waals surface area contributed by atoms with Crippen LogP contribution in [0.3, 0.4) is 0 Å². The summed E-state index contributed by atoms with van der Waals surface area (Å²) >= 11 is 0. The van der Waals surface area contributed by atoms with Crippen LogP contribution in [0.2, 0.25) is 0 Å². The average molecular weight is 453 g/mol. The molecule has 1 amide bonds. The molecule has 10 heteroatoms. The molecule has 1 heterocycles. The number of anilines is 1. The molecule has 178 valence electrons. The summed E-state index contributed by atoms with van der Waals surface area (Å²) in [5, 5.41) is 41.7. The topological polar surface area (TPSA) is 157 Å². The summed E-state index contributed by atoms with van der Waals surface area (Å²) in [7, 11) is 0. The van der Waals surface area contributed by atoms with Crippen molar-refractivity contribution in [1.29, 1.82) is 0 Å². The SMILES string of the molecule is CCCCN1C[C@H](O)[C@@H](O)[C@H](O)[C@H]1COC(=O)CCCC(=O)Nc1ccc(C(=O)O)cc1. The van der Waals surface area contributed by atoms with Crippen molar-refractivity contribution in [3.63, 3.8) is 0 Å². The number of ether oxygens (including phenoxy) is 1. The number of rotatable bonds is 11. The fraction of sp³-hybridized carbons (Fsp3) is 0.591. The van der Waals surface area contributed by atoms with E-state index in [1.165, 1.54) is 24.3 Å². The summed E-state index contributed by atoms with van der Waals surface area (Å²) in [6.45, 7) is 2.69. The second kappa shape index (κ2) is 12.5. The Morgan fingerprint density at radius 2 is 1.75 bits per heavy atom. The molecular formula is C22H32N2O8. The maximum atomic E-state index is 12.1. The van der Waals surface area contributed by atoms with Crippen LogP contribution in [0.4, 0.5) is 5.69 Å². The first-order valence-electron chi connectivity index (χ1n) is 10.8. The van der Waals surface area contributed by atoms with Gasteiger partial charge in [-0.05, 0) is 43.7 Å². The molecule has 10 nitrogen and oxygen atoms in total. The van der Waals surface area contributed by atoms with E-state index in [-0.39, 0.29) is 43.9 Å². The number of esters is 1. The van der Waals surface area contributed by atoms with E-state index in [1.54, 1.807) is 0 Å². The quantitative estimate of drug-likeness (QED) is 0.303. The zero-order valence-electron chi connectivity index (χ0n) is 18.1. The highest BCUT2D eigenvalue weighted by molar-refractivity contribution is 5.92. The Hall–Kier alpha value is -2.53. The van der Waals surface area contributed by atoms with Crippen molar-refractivity contribution in [2.45, 2.75) is 63.4 Å². The summed E-state index contributed by atoms with van der Waals surface area (Å²) in [6.07, 6.45) is -1.49. The van der Waals surface area contributed by atoms with E-state index in [0.717, 1.165) is 12.8 Å². The molecule has 1 aromatic carbocycles. The minimum atomic E-state index is -1.30. The fourth-order valence-corrected chi connectivity index (χ4v) is 3.54. The number of benzene rings is 1. The molecule has 0 aromatic heterocycles. The van der Waals surface area contributed by atoms with Gasteiger partial charge in [0.2, 0.25) is 5.91 Å². The van der Waals surface area contributed by atoms with Crippen LogP contribution in [0.1, 0.15) is 49.4 Å². The molecule has 1 aliphatic heterocycles. The van der Waals surface area contributed by atoms with Gasteiger partial charge in [-0.2, -0.15) is 0 Å². The number of unbranched alkanes of at least 4 members (excludes halogenated alkanes) is 1. The van der Waals surface area contributed by atoms with Gasteiger partial charge in [0.1, 0.15) is 18.8 Å². The van der Waals surface area contributed by atoms with Crippen LogP contribution < -0.4 is 5.32 Å². The van der Waals surface area contributed by atoms with Crippen LogP contribution in [0, 0.1) is 0 Å². The lowest BCUT2D eigenvalue weighted by Gasteiger charge is -2.43. The largest absolute Gasteiger partial charge is 0.478 e. The molecule has 1 saturated heterocycles. The van der Waals surface area contributed by atoms with Crippen molar-refractivity contribution in [3.8, 4) is 0 Å². The van der Waals surface area contributed by atoms with Crippen molar-refractivity contribution in [2.75, 3.05) is 25.0 Å². The van der Waals surface area contributed by atoms with Crippen molar-refractivity contribution in [2.24, 2.45) is 0 Å². The number of piperidine rings is 1. The Morgan fingerprint density at radius 1 is 1.06 bits per heavy atom. The molecule has 4 atom stereocenters. The van der Waals surface area contributed by atoms with Gasteiger partial charge in [0.15, 0.2) is 0 Å². The molecule has 0 saturated carbocycles. The number of hydrogen-bond acceptors (Lipinski definition) is 8. The average Bonchev–Trinajstić information content (AvgIpc) is 2.76. The van der Waals surface area contributed by atoms with Gasteiger partial charge in [-0.15, -0.1) is 0 Å². The predicted molar refractivity (Wildman–Crippen MR) is 115 cm³/mol. The zero-order chi connectivity index (χ0) is 23.7. The maximum Gasteiger partial charge on any atom is 0.335 e. The summed E-state index contributed by atoms with van der Waals surface area (Å²) < 4.78 is 5.26. The molecule has 5 N–H and O–H groups in total. The van der Waals surface area contributed by atoms with Gasteiger partial charge in [-0.1, -0.05) is 13.3 Å². The molecular weight excluding hydrogens is 420 g/mol. The van der Waals surface area contributed by atoms with E-state index in [2.05, 4.69) is 5.32 Å². The number of carboxylic acids is 1. The summed E-state index contributed by atoms with van der Waals surface area (Å²) in [5.41, 5.74) is 0.575. The number of hydrogen-bond donors (Lipinski definition) is 5. The number of aliphatic hydroxyl groups excluding tert-OH is 3. The van der Waals surface area contributed by atoms with E-state index >= 15 is 0 Å². The molecule has 0 radical (unpaired) electrons. The summed E-state index contributed by atoms with van der Waals surface area (Å²) in [5.74, 6) is -1.89. The van der Waals surface area contributed by atoms with Crippen molar-refractivity contribution < 1.29 is 39.5 Å². The first kappa shape index (κ1) is 25.7.